The molecule has 0 bridgehead atoms. The minimum atomic E-state index is 0.164. The summed E-state index contributed by atoms with van der Waals surface area (Å²) in [6.45, 7) is 0.812. The van der Waals surface area contributed by atoms with Crippen LogP contribution in [-0.2, 0) is 11.3 Å². The maximum Gasteiger partial charge on any atom is 0.222 e. The van der Waals surface area contributed by atoms with Gasteiger partial charge in [0.15, 0.2) is 0 Å². The molecule has 3 nitrogen and oxygen atoms in total. The van der Waals surface area contributed by atoms with E-state index in [9.17, 15) is 4.79 Å². The molecule has 0 aliphatic carbocycles. The first-order valence-corrected chi connectivity index (χ1v) is 6.41. The third-order valence-corrected chi connectivity index (χ3v) is 3.33. The lowest BCUT2D eigenvalue weighted by atomic mass is 10.2. The van der Waals surface area contributed by atoms with Gasteiger partial charge in [-0.1, -0.05) is 23.7 Å². The molecule has 0 fully saturated rings. The van der Waals surface area contributed by atoms with Crippen molar-refractivity contribution in [3.63, 3.8) is 0 Å². The number of aryl methyl sites for hydroxylation is 1. The first kappa shape index (κ1) is 13.0. The van der Waals surface area contributed by atoms with E-state index in [4.69, 9.17) is 11.6 Å². The van der Waals surface area contributed by atoms with Crippen molar-refractivity contribution in [2.24, 2.45) is 0 Å². The summed E-state index contributed by atoms with van der Waals surface area (Å²) in [4.78, 5) is 13.1. The predicted molar refractivity (Wildman–Crippen MR) is 74.9 cm³/mol. The molecule has 0 saturated heterocycles. The van der Waals surface area contributed by atoms with Gasteiger partial charge in [0.05, 0.1) is 10.5 Å². The van der Waals surface area contributed by atoms with Crippen molar-refractivity contribution < 1.29 is 4.79 Å². The fourth-order valence-electron chi connectivity index (χ4n) is 2.02. The Hall–Kier alpha value is -1.48. The molecule has 1 aromatic heterocycles. The highest BCUT2D eigenvalue weighted by atomic mass is 35.5. The van der Waals surface area contributed by atoms with Crippen LogP contribution in [0.3, 0.4) is 0 Å². The van der Waals surface area contributed by atoms with E-state index >= 15 is 0 Å². The summed E-state index contributed by atoms with van der Waals surface area (Å²) in [5.74, 6) is 0.164. The van der Waals surface area contributed by atoms with E-state index in [1.54, 1.807) is 19.0 Å². The molecule has 0 unspecified atom stereocenters. The number of hydrogen-bond acceptors (Lipinski definition) is 1. The molecular formula is C14H17ClN2O. The molecule has 0 saturated carbocycles. The van der Waals surface area contributed by atoms with Crippen LogP contribution in [0, 0.1) is 0 Å². The van der Waals surface area contributed by atoms with E-state index in [-0.39, 0.29) is 5.91 Å². The molecule has 0 aliphatic rings. The molecule has 1 amide bonds. The van der Waals surface area contributed by atoms with Crippen LogP contribution in [0.2, 0.25) is 5.02 Å². The zero-order chi connectivity index (χ0) is 13.1. The minimum absolute atomic E-state index is 0.164. The highest BCUT2D eigenvalue weighted by Crippen LogP contribution is 2.24. The van der Waals surface area contributed by atoms with Gasteiger partial charge in [0.2, 0.25) is 5.91 Å². The van der Waals surface area contributed by atoms with Crippen molar-refractivity contribution in [3.05, 3.63) is 35.5 Å². The molecule has 96 valence electrons. The Kier molecular flexibility index (Phi) is 3.92. The molecule has 0 spiro atoms. The second-order valence-electron chi connectivity index (χ2n) is 4.58. The second-order valence-corrected chi connectivity index (χ2v) is 4.99. The fourth-order valence-corrected chi connectivity index (χ4v) is 2.32. The number of para-hydroxylation sites is 1. The molecule has 4 heteroatoms. The Morgan fingerprint density at radius 2 is 2.11 bits per heavy atom. The Morgan fingerprint density at radius 3 is 2.83 bits per heavy atom. The fraction of sp³-hybridized carbons (Fsp3) is 0.357. The molecule has 0 atom stereocenters. The highest BCUT2D eigenvalue weighted by Gasteiger charge is 2.07. The van der Waals surface area contributed by atoms with Crippen LogP contribution in [0.5, 0.6) is 0 Å². The molecule has 1 aromatic carbocycles. The Bertz CT molecular complexity index is 560. The summed E-state index contributed by atoms with van der Waals surface area (Å²) in [6.07, 6.45) is 3.42. The van der Waals surface area contributed by atoms with E-state index in [0.717, 1.165) is 28.9 Å². The van der Waals surface area contributed by atoms with Gasteiger partial charge in [0.1, 0.15) is 0 Å². The monoisotopic (exact) mass is 264 g/mol. The zero-order valence-electron chi connectivity index (χ0n) is 10.7. The maximum absolute atomic E-state index is 11.5. The Morgan fingerprint density at radius 1 is 1.33 bits per heavy atom. The molecule has 18 heavy (non-hydrogen) atoms. The smallest absolute Gasteiger partial charge is 0.222 e. The summed E-state index contributed by atoms with van der Waals surface area (Å²) < 4.78 is 2.11. The van der Waals surface area contributed by atoms with Gasteiger partial charge >= 0.3 is 0 Å². The first-order chi connectivity index (χ1) is 8.59. The van der Waals surface area contributed by atoms with Gasteiger partial charge in [0, 0.05) is 38.6 Å². The number of hydrogen-bond donors (Lipinski definition) is 0. The number of rotatable bonds is 4. The Balaban J connectivity index is 2.06. The largest absolute Gasteiger partial charge is 0.349 e. The van der Waals surface area contributed by atoms with E-state index in [2.05, 4.69) is 10.6 Å². The average molecular weight is 265 g/mol. The highest BCUT2D eigenvalue weighted by molar-refractivity contribution is 6.35. The van der Waals surface area contributed by atoms with Gasteiger partial charge in [-0.05, 0) is 18.6 Å². The number of benzene rings is 1. The van der Waals surface area contributed by atoms with Crippen LogP contribution >= 0.6 is 11.6 Å². The van der Waals surface area contributed by atoms with Crippen LogP contribution in [0.1, 0.15) is 12.8 Å². The molecule has 1 heterocycles. The van der Waals surface area contributed by atoms with Crippen molar-refractivity contribution in [2.75, 3.05) is 14.1 Å². The first-order valence-electron chi connectivity index (χ1n) is 6.03. The second kappa shape index (κ2) is 5.44. The van der Waals surface area contributed by atoms with Crippen LogP contribution in [0.25, 0.3) is 10.9 Å². The molecule has 0 radical (unpaired) electrons. The van der Waals surface area contributed by atoms with Crippen LogP contribution < -0.4 is 0 Å². The van der Waals surface area contributed by atoms with Crippen molar-refractivity contribution in [2.45, 2.75) is 19.4 Å². The third kappa shape index (κ3) is 2.67. The lowest BCUT2D eigenvalue weighted by Crippen LogP contribution is -2.21. The molecular weight excluding hydrogens is 248 g/mol. The number of fused-ring (bicyclic) bond motifs is 1. The van der Waals surface area contributed by atoms with Crippen LogP contribution in [-0.4, -0.2) is 29.5 Å². The van der Waals surface area contributed by atoms with Gasteiger partial charge in [-0.3, -0.25) is 4.79 Å². The number of amides is 1. The normalized spacial score (nSPS) is 10.8. The molecule has 0 N–H and O–H groups in total. The topological polar surface area (TPSA) is 25.2 Å². The number of carbonyl (C=O) groups is 1. The van der Waals surface area contributed by atoms with Crippen LogP contribution in [0.4, 0.5) is 0 Å². The summed E-state index contributed by atoms with van der Waals surface area (Å²) in [6, 6.07) is 7.94. The zero-order valence-corrected chi connectivity index (χ0v) is 11.4. The molecule has 2 rings (SSSR count). The number of nitrogens with zero attached hydrogens (tertiary/aromatic N) is 2. The van der Waals surface area contributed by atoms with Crippen molar-refractivity contribution in [3.8, 4) is 0 Å². The quantitative estimate of drug-likeness (QED) is 0.833. The van der Waals surface area contributed by atoms with E-state index in [1.807, 2.05) is 24.4 Å². The maximum atomic E-state index is 11.5. The minimum Gasteiger partial charge on any atom is -0.349 e. The number of aromatic nitrogens is 1. The summed E-state index contributed by atoms with van der Waals surface area (Å²) in [5.41, 5.74) is 1.05. The van der Waals surface area contributed by atoms with Gasteiger partial charge < -0.3 is 9.47 Å². The van der Waals surface area contributed by atoms with E-state index in [0.29, 0.717) is 6.42 Å². The van der Waals surface area contributed by atoms with Crippen molar-refractivity contribution in [1.82, 2.24) is 9.47 Å². The SMILES string of the molecule is CN(C)C(=O)CCCn1ccc2cccc(Cl)c21. The lowest BCUT2D eigenvalue weighted by molar-refractivity contribution is -0.128. The van der Waals surface area contributed by atoms with E-state index in [1.165, 1.54) is 0 Å². The number of halogens is 1. The standard InChI is InChI=1S/C14H17ClN2O/c1-16(2)13(18)7-4-9-17-10-8-11-5-3-6-12(15)14(11)17/h3,5-6,8,10H,4,7,9H2,1-2H3. The van der Waals surface area contributed by atoms with Gasteiger partial charge in [0.25, 0.3) is 0 Å². The van der Waals surface area contributed by atoms with Gasteiger partial charge in [-0.2, -0.15) is 0 Å². The summed E-state index contributed by atoms with van der Waals surface area (Å²) in [5, 5.41) is 1.90. The average Bonchev–Trinajstić information content (AvgIpc) is 2.73. The predicted octanol–water partition coefficient (Wildman–Crippen LogP) is 3.16. The summed E-state index contributed by atoms with van der Waals surface area (Å²) in [7, 11) is 3.56. The van der Waals surface area contributed by atoms with Crippen molar-refractivity contribution >= 4 is 28.4 Å². The molecule has 2 aromatic rings. The van der Waals surface area contributed by atoms with Gasteiger partial charge in [-0.15, -0.1) is 0 Å². The number of carbonyl (C=O) groups excluding carboxylic acids is 1. The van der Waals surface area contributed by atoms with Gasteiger partial charge in [-0.25, -0.2) is 0 Å². The van der Waals surface area contributed by atoms with Crippen LogP contribution in [0.15, 0.2) is 30.5 Å². The third-order valence-electron chi connectivity index (χ3n) is 3.03. The van der Waals surface area contributed by atoms with Crippen molar-refractivity contribution in [1.29, 1.82) is 0 Å². The molecule has 0 aliphatic heterocycles. The Labute approximate surface area is 112 Å². The summed E-state index contributed by atoms with van der Waals surface area (Å²) >= 11 is 6.20. The lowest BCUT2D eigenvalue weighted by Gasteiger charge is -2.10. The van der Waals surface area contributed by atoms with E-state index < -0.39 is 0 Å².